The van der Waals surface area contributed by atoms with Crippen molar-refractivity contribution in [3.8, 4) is 0 Å². The Labute approximate surface area is 273 Å². The molecule has 0 amide bonds. The van der Waals surface area contributed by atoms with Gasteiger partial charge in [0.2, 0.25) is 10.0 Å². The Balaban J connectivity index is 1.52. The second-order valence-corrected chi connectivity index (χ2v) is 11.8. The van der Waals surface area contributed by atoms with Crippen LogP contribution >= 0.6 is 0 Å². The van der Waals surface area contributed by atoms with Crippen LogP contribution in [0.2, 0.25) is 0 Å². The van der Waals surface area contributed by atoms with E-state index in [4.69, 9.17) is 38.7 Å². The summed E-state index contributed by atoms with van der Waals surface area (Å²) in [6.07, 6.45) is 2.52. The van der Waals surface area contributed by atoms with Crippen molar-refractivity contribution >= 4 is 21.7 Å². The van der Waals surface area contributed by atoms with E-state index in [1.165, 1.54) is 6.08 Å². The van der Waals surface area contributed by atoms with E-state index in [-0.39, 0.29) is 38.4 Å². The molecule has 0 saturated carbocycles. The quantitative estimate of drug-likeness (QED) is 0.0453. The first-order valence-electron chi connectivity index (χ1n) is 15.3. The minimum absolute atomic E-state index is 0.0649. The van der Waals surface area contributed by atoms with Gasteiger partial charge >= 0.3 is 5.97 Å². The van der Waals surface area contributed by atoms with Crippen molar-refractivity contribution in [1.29, 1.82) is 0 Å². The summed E-state index contributed by atoms with van der Waals surface area (Å²) in [7, 11) is -2.75. The lowest BCUT2D eigenvalue weighted by Crippen LogP contribution is -2.35. The van der Waals surface area contributed by atoms with Gasteiger partial charge in [-0.1, -0.05) is 11.2 Å². The first kappa shape index (κ1) is 40.2. The van der Waals surface area contributed by atoms with Crippen LogP contribution in [0.3, 0.4) is 0 Å². The molecule has 1 aromatic carbocycles. The molecule has 0 radical (unpaired) electrons. The number of hydrogen-bond acceptors (Lipinski definition) is 12. The van der Waals surface area contributed by atoms with Gasteiger partial charge in [0.05, 0.1) is 84.9 Å². The third kappa shape index (κ3) is 16.6. The Morgan fingerprint density at radius 1 is 0.872 bits per heavy atom. The van der Waals surface area contributed by atoms with Crippen LogP contribution in [-0.2, 0) is 54.5 Å². The number of esters is 1. The van der Waals surface area contributed by atoms with Crippen molar-refractivity contribution in [2.45, 2.75) is 31.1 Å². The summed E-state index contributed by atoms with van der Waals surface area (Å²) in [5, 5.41) is 4.80. The SMILES string of the molecule is CNCc1cc(F)c(NS(=O)(=O)C2CCCC=C2C(=O)OCCOCCOCCOCCOCCOCCOCCN=[N+]=[N-])c(F)c1. The van der Waals surface area contributed by atoms with Crippen molar-refractivity contribution < 1.29 is 55.2 Å². The van der Waals surface area contributed by atoms with E-state index in [0.29, 0.717) is 91.0 Å². The molecule has 1 unspecified atom stereocenters. The minimum atomic E-state index is -4.36. The highest BCUT2D eigenvalue weighted by Gasteiger charge is 2.36. The van der Waals surface area contributed by atoms with Crippen LogP contribution < -0.4 is 10.0 Å². The summed E-state index contributed by atoms with van der Waals surface area (Å²) in [4.78, 5) is 15.3. The molecule has 0 aromatic heterocycles. The number of anilines is 1. The summed E-state index contributed by atoms with van der Waals surface area (Å²) in [5.74, 6) is -2.94. The molecule has 2 rings (SSSR count). The van der Waals surface area contributed by atoms with Crippen molar-refractivity contribution in [3.05, 3.63) is 51.4 Å². The molecule has 2 N–H and O–H groups in total. The first-order valence-corrected chi connectivity index (χ1v) is 16.8. The van der Waals surface area contributed by atoms with Gasteiger partial charge < -0.3 is 38.5 Å². The maximum absolute atomic E-state index is 14.5. The molecule has 266 valence electrons. The number of rotatable bonds is 27. The van der Waals surface area contributed by atoms with Gasteiger partial charge in [0.1, 0.15) is 17.5 Å². The highest BCUT2D eigenvalue weighted by atomic mass is 32.2. The predicted molar refractivity (Wildman–Crippen MR) is 167 cm³/mol. The maximum atomic E-state index is 14.5. The zero-order valence-electron chi connectivity index (χ0n) is 26.6. The molecular weight excluding hydrogens is 648 g/mol. The average molecular weight is 694 g/mol. The first-order chi connectivity index (χ1) is 22.8. The number of ether oxygens (including phenoxy) is 7. The Morgan fingerprint density at radius 2 is 1.36 bits per heavy atom. The third-order valence-corrected chi connectivity index (χ3v) is 8.17. The summed E-state index contributed by atoms with van der Waals surface area (Å²) in [6, 6.07) is 2.08. The highest BCUT2D eigenvalue weighted by molar-refractivity contribution is 7.93. The van der Waals surface area contributed by atoms with Gasteiger partial charge in [-0.15, -0.1) is 0 Å². The largest absolute Gasteiger partial charge is 0.460 e. The topological polar surface area (TPSA) is 189 Å². The van der Waals surface area contributed by atoms with Crippen molar-refractivity contribution in [1.82, 2.24) is 5.32 Å². The number of nitrogens with one attached hydrogen (secondary N) is 2. The lowest BCUT2D eigenvalue weighted by Gasteiger charge is -2.24. The van der Waals surface area contributed by atoms with Gasteiger partial charge in [-0.05, 0) is 49.5 Å². The van der Waals surface area contributed by atoms with Crippen LogP contribution in [-0.4, -0.2) is 119 Å². The number of carbonyl (C=O) groups excluding carboxylic acids is 1. The average Bonchev–Trinajstić information content (AvgIpc) is 3.05. The molecule has 1 aliphatic carbocycles. The van der Waals surface area contributed by atoms with Gasteiger partial charge in [0.15, 0.2) is 11.6 Å². The van der Waals surface area contributed by atoms with Gasteiger partial charge in [-0.25, -0.2) is 22.0 Å². The number of hydrogen-bond donors (Lipinski definition) is 2. The van der Waals surface area contributed by atoms with Gasteiger partial charge in [0, 0.05) is 18.0 Å². The van der Waals surface area contributed by atoms with Gasteiger partial charge in [0.25, 0.3) is 0 Å². The van der Waals surface area contributed by atoms with E-state index in [9.17, 15) is 22.0 Å². The Bertz CT molecular complexity index is 1230. The summed E-state index contributed by atoms with van der Waals surface area (Å²) in [5.41, 5.74) is 7.58. The molecule has 0 fully saturated rings. The van der Waals surface area contributed by atoms with Crippen LogP contribution in [0.5, 0.6) is 0 Å². The molecular formula is C29H45F2N5O10S. The maximum Gasteiger partial charge on any atom is 0.335 e. The fraction of sp³-hybridized carbons (Fsp3) is 0.690. The third-order valence-electron chi connectivity index (χ3n) is 6.44. The van der Waals surface area contributed by atoms with E-state index >= 15 is 0 Å². The van der Waals surface area contributed by atoms with Crippen molar-refractivity contribution in [3.63, 3.8) is 0 Å². The number of carbonyl (C=O) groups is 1. The number of nitrogens with zero attached hydrogens (tertiary/aromatic N) is 3. The molecule has 0 saturated heterocycles. The molecule has 0 heterocycles. The van der Waals surface area contributed by atoms with E-state index in [0.717, 1.165) is 12.1 Å². The Morgan fingerprint density at radius 3 is 1.85 bits per heavy atom. The van der Waals surface area contributed by atoms with Crippen molar-refractivity contribution in [2.75, 3.05) is 104 Å². The lowest BCUT2D eigenvalue weighted by molar-refractivity contribution is -0.141. The van der Waals surface area contributed by atoms with Crippen molar-refractivity contribution in [2.24, 2.45) is 5.11 Å². The van der Waals surface area contributed by atoms with Crippen LogP contribution in [0, 0.1) is 11.6 Å². The molecule has 1 aliphatic rings. The molecule has 1 atom stereocenters. The number of halogens is 2. The van der Waals surface area contributed by atoms with E-state index in [1.807, 2.05) is 4.72 Å². The predicted octanol–water partition coefficient (Wildman–Crippen LogP) is 2.86. The number of azide groups is 1. The van der Waals surface area contributed by atoms with Crippen LogP contribution in [0.15, 0.2) is 28.9 Å². The van der Waals surface area contributed by atoms with E-state index in [1.54, 1.807) is 7.05 Å². The molecule has 0 spiro atoms. The molecule has 15 nitrogen and oxygen atoms in total. The van der Waals surface area contributed by atoms with Crippen LogP contribution in [0.25, 0.3) is 10.4 Å². The number of sulfonamides is 1. The van der Waals surface area contributed by atoms with Crippen LogP contribution in [0.4, 0.5) is 14.5 Å². The van der Waals surface area contributed by atoms with Crippen LogP contribution in [0.1, 0.15) is 24.8 Å². The summed E-state index contributed by atoms with van der Waals surface area (Å²) >= 11 is 0. The van der Waals surface area contributed by atoms with E-state index < -0.39 is 38.6 Å². The summed E-state index contributed by atoms with van der Waals surface area (Å²) in [6.45, 7) is 4.57. The molecule has 0 bridgehead atoms. The second kappa shape index (κ2) is 24.2. The number of allylic oxidation sites excluding steroid dienone is 1. The van der Waals surface area contributed by atoms with Gasteiger partial charge in [-0.3, -0.25) is 4.72 Å². The monoisotopic (exact) mass is 693 g/mol. The zero-order chi connectivity index (χ0) is 34.2. The standard InChI is InChI=1S/C29H45F2N5O10S/c1-33-22-23-20-25(30)28(26(31)21-23)35-47(38,39)27-5-3-2-4-24(27)29(37)46-19-18-45-17-16-44-15-14-43-13-12-42-11-10-41-9-8-40-7-6-34-36-32/h4,20-21,27,33,35H,2-3,5-19,22H2,1H3. The second-order valence-electron chi connectivity index (χ2n) is 9.96. The molecule has 0 aliphatic heterocycles. The highest BCUT2D eigenvalue weighted by Crippen LogP contribution is 2.29. The fourth-order valence-electron chi connectivity index (χ4n) is 4.26. The van der Waals surface area contributed by atoms with Gasteiger partial charge in [-0.2, -0.15) is 0 Å². The smallest absolute Gasteiger partial charge is 0.335 e. The van der Waals surface area contributed by atoms with E-state index in [2.05, 4.69) is 15.3 Å². The summed E-state index contributed by atoms with van der Waals surface area (Å²) < 4.78 is 94.6. The fourth-order valence-corrected chi connectivity index (χ4v) is 5.88. The molecule has 1 aromatic rings. The molecule has 18 heteroatoms. The normalized spacial score (nSPS) is 14.8. The molecule has 47 heavy (non-hydrogen) atoms. The Kier molecular flexibility index (Phi) is 20.8. The Hall–Kier alpha value is -2.93. The minimum Gasteiger partial charge on any atom is -0.460 e. The zero-order valence-corrected chi connectivity index (χ0v) is 27.4. The lowest BCUT2D eigenvalue weighted by atomic mass is 9.99. The number of benzene rings is 1.